The molecular weight excluding hydrogens is 541 g/mol. The van der Waals surface area contributed by atoms with Crippen molar-refractivity contribution in [3.63, 3.8) is 0 Å². The molecule has 1 aromatic carbocycles. The van der Waals surface area contributed by atoms with Crippen LogP contribution in [0.3, 0.4) is 0 Å². The third-order valence-corrected chi connectivity index (χ3v) is 6.25. The molecule has 36 heavy (non-hydrogen) atoms. The number of benzene rings is 1. The fraction of sp³-hybridized carbons (Fsp3) is 0.261. The summed E-state index contributed by atoms with van der Waals surface area (Å²) >= 11 is 3.34. The van der Waals surface area contributed by atoms with Gasteiger partial charge in [0.15, 0.2) is 5.65 Å². The number of carbonyl (C=O) groups excluding carboxylic acids is 1. The highest BCUT2D eigenvalue weighted by Crippen LogP contribution is 2.30. The summed E-state index contributed by atoms with van der Waals surface area (Å²) in [6.07, 6.45) is 0.334. The number of pyridine rings is 1. The van der Waals surface area contributed by atoms with Gasteiger partial charge in [0, 0.05) is 36.5 Å². The van der Waals surface area contributed by atoms with E-state index in [-0.39, 0.29) is 5.91 Å². The Labute approximate surface area is 211 Å². The molecule has 0 saturated carbocycles. The maximum absolute atomic E-state index is 12.9. The van der Waals surface area contributed by atoms with E-state index in [2.05, 4.69) is 46.6 Å². The predicted octanol–water partition coefficient (Wildman–Crippen LogP) is 3.09. The van der Waals surface area contributed by atoms with Crippen molar-refractivity contribution in [2.75, 3.05) is 24.5 Å². The van der Waals surface area contributed by atoms with Crippen LogP contribution in [0.15, 0.2) is 59.6 Å². The number of anilines is 1. The summed E-state index contributed by atoms with van der Waals surface area (Å²) in [6.45, 7) is 1.85. The fourth-order valence-corrected chi connectivity index (χ4v) is 4.18. The van der Waals surface area contributed by atoms with Crippen LogP contribution in [0.5, 0.6) is 0 Å². The zero-order valence-corrected chi connectivity index (χ0v) is 20.3. The SMILES string of the molecule is O=C(NCc1ccc(Br)cn1)C1CN(c2ncnc3nn(-c4ccc(C(F)(F)F)cc4)cc23)CCN1. The van der Waals surface area contributed by atoms with Gasteiger partial charge in [-0.15, -0.1) is 5.10 Å². The van der Waals surface area contributed by atoms with Crippen LogP contribution in [-0.4, -0.2) is 56.3 Å². The molecule has 1 fully saturated rings. The largest absolute Gasteiger partial charge is 0.416 e. The number of piperazine rings is 1. The number of nitrogens with one attached hydrogen (secondary N) is 2. The lowest BCUT2D eigenvalue weighted by molar-refractivity contribution is -0.137. The van der Waals surface area contributed by atoms with Crippen LogP contribution in [-0.2, 0) is 17.5 Å². The topological polar surface area (TPSA) is 101 Å². The zero-order valence-electron chi connectivity index (χ0n) is 18.7. The zero-order chi connectivity index (χ0) is 25.3. The molecule has 1 atom stereocenters. The van der Waals surface area contributed by atoms with Crippen LogP contribution in [0.2, 0.25) is 0 Å². The Bertz CT molecular complexity index is 1380. The molecule has 9 nitrogen and oxygen atoms in total. The van der Waals surface area contributed by atoms with Crippen molar-refractivity contribution in [1.82, 2.24) is 35.4 Å². The van der Waals surface area contributed by atoms with Gasteiger partial charge in [0.2, 0.25) is 5.91 Å². The second-order valence-electron chi connectivity index (χ2n) is 8.19. The van der Waals surface area contributed by atoms with Gasteiger partial charge in [-0.2, -0.15) is 13.2 Å². The molecule has 1 aliphatic heterocycles. The van der Waals surface area contributed by atoms with Crippen LogP contribution in [0.1, 0.15) is 11.3 Å². The standard InChI is InChI=1S/C23H20BrF3N8O/c24-15-3-4-16(29-9-15)10-30-22(36)19-12-34(8-7-28-19)21-18-11-35(33-20(18)31-13-32-21)17-5-1-14(2-6-17)23(25,26)27/h1-6,9,11,13,19,28H,7-8,10,12H2,(H,30,36). The van der Waals surface area contributed by atoms with Crippen molar-refractivity contribution in [2.24, 2.45) is 0 Å². The van der Waals surface area contributed by atoms with Crippen molar-refractivity contribution in [1.29, 1.82) is 0 Å². The highest BCUT2D eigenvalue weighted by Gasteiger charge is 2.30. The lowest BCUT2D eigenvalue weighted by Crippen LogP contribution is -2.57. The maximum atomic E-state index is 12.9. The first-order chi connectivity index (χ1) is 17.3. The van der Waals surface area contributed by atoms with E-state index in [4.69, 9.17) is 0 Å². The number of hydrogen-bond acceptors (Lipinski definition) is 7. The second-order valence-corrected chi connectivity index (χ2v) is 9.11. The Hall–Kier alpha value is -3.58. The van der Waals surface area contributed by atoms with Gasteiger partial charge in [-0.05, 0) is 52.3 Å². The molecule has 3 aromatic heterocycles. The molecule has 0 spiro atoms. The van der Waals surface area contributed by atoms with Gasteiger partial charge < -0.3 is 15.5 Å². The van der Waals surface area contributed by atoms with Crippen molar-refractivity contribution in [3.05, 3.63) is 70.8 Å². The van der Waals surface area contributed by atoms with Gasteiger partial charge in [0.1, 0.15) is 18.2 Å². The Kier molecular flexibility index (Phi) is 6.58. The summed E-state index contributed by atoms with van der Waals surface area (Å²) in [5, 5.41) is 11.2. The van der Waals surface area contributed by atoms with Crippen molar-refractivity contribution in [3.8, 4) is 5.69 Å². The minimum Gasteiger partial charge on any atom is -0.353 e. The predicted molar refractivity (Wildman–Crippen MR) is 129 cm³/mol. The Morgan fingerprint density at radius 3 is 2.67 bits per heavy atom. The quantitative estimate of drug-likeness (QED) is 0.387. The van der Waals surface area contributed by atoms with Gasteiger partial charge in [0.05, 0.1) is 28.9 Å². The van der Waals surface area contributed by atoms with Crippen LogP contribution in [0.4, 0.5) is 19.0 Å². The fourth-order valence-electron chi connectivity index (χ4n) is 3.94. The molecular formula is C23H20BrF3N8O. The van der Waals surface area contributed by atoms with Crippen LogP contribution in [0, 0.1) is 0 Å². The van der Waals surface area contributed by atoms with E-state index in [1.54, 1.807) is 12.4 Å². The van der Waals surface area contributed by atoms with Gasteiger partial charge in [-0.3, -0.25) is 9.78 Å². The second kappa shape index (κ2) is 9.82. The normalized spacial score (nSPS) is 16.3. The summed E-state index contributed by atoms with van der Waals surface area (Å²) < 4.78 is 41.0. The molecule has 0 bridgehead atoms. The lowest BCUT2D eigenvalue weighted by atomic mass is 10.2. The van der Waals surface area contributed by atoms with E-state index in [9.17, 15) is 18.0 Å². The third kappa shape index (κ3) is 5.16. The summed E-state index contributed by atoms with van der Waals surface area (Å²) in [4.78, 5) is 27.7. The number of amides is 1. The Morgan fingerprint density at radius 1 is 1.14 bits per heavy atom. The number of hydrogen-bond donors (Lipinski definition) is 2. The average molecular weight is 561 g/mol. The first-order valence-electron chi connectivity index (χ1n) is 11.0. The van der Waals surface area contributed by atoms with Gasteiger partial charge in [-0.1, -0.05) is 0 Å². The van der Waals surface area contributed by atoms with Crippen LogP contribution >= 0.6 is 15.9 Å². The minimum atomic E-state index is -4.41. The van der Waals surface area contributed by atoms with Crippen molar-refractivity contribution >= 4 is 38.7 Å². The van der Waals surface area contributed by atoms with E-state index in [1.807, 2.05) is 17.0 Å². The number of rotatable bonds is 5. The van der Waals surface area contributed by atoms with Crippen molar-refractivity contribution in [2.45, 2.75) is 18.8 Å². The van der Waals surface area contributed by atoms with Crippen molar-refractivity contribution < 1.29 is 18.0 Å². The molecule has 186 valence electrons. The first-order valence-corrected chi connectivity index (χ1v) is 11.8. The van der Waals surface area contributed by atoms with E-state index in [1.165, 1.54) is 23.1 Å². The van der Waals surface area contributed by atoms with Crippen LogP contribution in [0.25, 0.3) is 16.7 Å². The number of carbonyl (C=O) groups is 1. The van der Waals surface area contributed by atoms with E-state index in [0.29, 0.717) is 48.7 Å². The molecule has 1 aliphatic rings. The third-order valence-electron chi connectivity index (χ3n) is 5.78. The van der Waals surface area contributed by atoms with Gasteiger partial charge in [-0.25, -0.2) is 14.6 Å². The molecule has 5 rings (SSSR count). The van der Waals surface area contributed by atoms with Crippen LogP contribution < -0.4 is 15.5 Å². The molecule has 13 heteroatoms. The lowest BCUT2D eigenvalue weighted by Gasteiger charge is -2.33. The number of aromatic nitrogens is 5. The molecule has 1 saturated heterocycles. The highest BCUT2D eigenvalue weighted by molar-refractivity contribution is 9.10. The van der Waals surface area contributed by atoms with E-state index < -0.39 is 17.8 Å². The molecule has 2 N–H and O–H groups in total. The summed E-state index contributed by atoms with van der Waals surface area (Å²) in [5.74, 6) is 0.446. The first kappa shape index (κ1) is 24.1. The molecule has 1 unspecified atom stereocenters. The van der Waals surface area contributed by atoms with Gasteiger partial charge in [0.25, 0.3) is 0 Å². The molecule has 4 heterocycles. The molecule has 0 radical (unpaired) electrons. The smallest absolute Gasteiger partial charge is 0.353 e. The van der Waals surface area contributed by atoms with E-state index >= 15 is 0 Å². The summed E-state index contributed by atoms with van der Waals surface area (Å²) in [6, 6.07) is 7.96. The number of nitrogens with zero attached hydrogens (tertiary/aromatic N) is 6. The Balaban J connectivity index is 1.32. The maximum Gasteiger partial charge on any atom is 0.416 e. The monoisotopic (exact) mass is 560 g/mol. The number of alkyl halides is 3. The number of fused-ring (bicyclic) bond motifs is 1. The van der Waals surface area contributed by atoms with E-state index in [0.717, 1.165) is 22.3 Å². The summed E-state index contributed by atoms with van der Waals surface area (Å²) in [7, 11) is 0. The molecule has 4 aromatic rings. The van der Waals surface area contributed by atoms with Gasteiger partial charge >= 0.3 is 6.18 Å². The average Bonchev–Trinajstić information content (AvgIpc) is 3.32. The minimum absolute atomic E-state index is 0.157. The Morgan fingerprint density at radius 2 is 1.94 bits per heavy atom. The molecule has 1 amide bonds. The number of halogens is 4. The highest BCUT2D eigenvalue weighted by atomic mass is 79.9. The summed E-state index contributed by atoms with van der Waals surface area (Å²) in [5.41, 5.74) is 0.878. The molecule has 0 aliphatic carbocycles.